The van der Waals surface area contributed by atoms with Crippen LogP contribution in [0.2, 0.25) is 5.02 Å². The second kappa shape index (κ2) is 7.68. The number of rotatable bonds is 5. The van der Waals surface area contributed by atoms with E-state index in [4.69, 9.17) is 11.6 Å². The maximum Gasteiger partial charge on any atom is 0.241 e. The first kappa shape index (κ1) is 18.3. The van der Waals surface area contributed by atoms with Crippen LogP contribution in [0.15, 0.2) is 36.4 Å². The fraction of sp³-hybridized carbons (Fsp3) is 0.235. The van der Waals surface area contributed by atoms with Gasteiger partial charge in [0.15, 0.2) is 0 Å². The average molecular weight is 357 g/mol. The van der Waals surface area contributed by atoms with E-state index in [1.807, 2.05) is 0 Å². The number of amides is 1. The fourth-order valence-corrected chi connectivity index (χ4v) is 2.24. The maximum atomic E-state index is 13.7. The molecule has 0 aliphatic rings. The number of hydrogen-bond acceptors (Lipinski definition) is 2. The van der Waals surface area contributed by atoms with Crippen LogP contribution < -0.4 is 5.32 Å². The summed E-state index contributed by atoms with van der Waals surface area (Å²) in [7, 11) is 1.62. The summed E-state index contributed by atoms with van der Waals surface area (Å²) < 4.78 is 40.3. The van der Waals surface area contributed by atoms with Crippen molar-refractivity contribution in [1.82, 2.24) is 4.90 Å². The van der Waals surface area contributed by atoms with E-state index >= 15 is 0 Å². The van der Waals surface area contributed by atoms with Crippen molar-refractivity contribution in [3.05, 3.63) is 64.4 Å². The van der Waals surface area contributed by atoms with Crippen LogP contribution in [-0.2, 0) is 11.3 Å². The molecule has 1 atom stereocenters. The van der Waals surface area contributed by atoms with Gasteiger partial charge in [0.05, 0.1) is 11.7 Å². The van der Waals surface area contributed by atoms with Gasteiger partial charge in [0.2, 0.25) is 5.91 Å². The maximum absolute atomic E-state index is 13.7. The Morgan fingerprint density at radius 2 is 1.88 bits per heavy atom. The molecule has 0 aliphatic carbocycles. The van der Waals surface area contributed by atoms with Gasteiger partial charge in [-0.2, -0.15) is 0 Å². The SMILES string of the molecule is CC(C(=O)Nc1ccc(Cl)cc1F)N(C)Cc1ccc(F)cc1F. The van der Waals surface area contributed by atoms with Gasteiger partial charge in [-0.25, -0.2) is 13.2 Å². The number of carbonyl (C=O) groups excluding carboxylic acids is 1. The second-order valence-electron chi connectivity index (χ2n) is 5.44. The largest absolute Gasteiger partial charge is 0.322 e. The monoisotopic (exact) mass is 356 g/mol. The lowest BCUT2D eigenvalue weighted by atomic mass is 10.1. The molecule has 7 heteroatoms. The van der Waals surface area contributed by atoms with Crippen LogP contribution in [-0.4, -0.2) is 23.9 Å². The number of halogens is 4. The highest BCUT2D eigenvalue weighted by Crippen LogP contribution is 2.20. The molecule has 0 heterocycles. The van der Waals surface area contributed by atoms with E-state index in [9.17, 15) is 18.0 Å². The van der Waals surface area contributed by atoms with E-state index in [0.29, 0.717) is 0 Å². The van der Waals surface area contributed by atoms with E-state index in [1.54, 1.807) is 18.9 Å². The molecule has 24 heavy (non-hydrogen) atoms. The van der Waals surface area contributed by atoms with Crippen LogP contribution in [0.5, 0.6) is 0 Å². The third-order valence-electron chi connectivity index (χ3n) is 3.66. The standard InChI is InChI=1S/C17H16ClF3N2O/c1-10(17(24)22-16-6-4-12(18)7-15(16)21)23(2)9-11-3-5-13(19)8-14(11)20/h3-8,10H,9H2,1-2H3,(H,22,24). The molecule has 2 rings (SSSR count). The van der Waals surface area contributed by atoms with Gasteiger partial charge in [-0.05, 0) is 38.2 Å². The zero-order chi connectivity index (χ0) is 17.9. The first-order valence-electron chi connectivity index (χ1n) is 7.18. The molecule has 0 saturated heterocycles. The van der Waals surface area contributed by atoms with Crippen LogP contribution in [0.4, 0.5) is 18.9 Å². The molecule has 2 aromatic rings. The molecule has 0 bridgehead atoms. The summed E-state index contributed by atoms with van der Waals surface area (Å²) in [6.45, 7) is 1.70. The molecule has 0 aliphatic heterocycles. The average Bonchev–Trinajstić information content (AvgIpc) is 2.51. The molecular formula is C17H16ClF3N2O. The molecule has 0 saturated carbocycles. The van der Waals surface area contributed by atoms with Crippen molar-refractivity contribution in [2.24, 2.45) is 0 Å². The third kappa shape index (κ3) is 4.49. The van der Waals surface area contributed by atoms with Crippen molar-refractivity contribution in [3.8, 4) is 0 Å². The topological polar surface area (TPSA) is 32.3 Å². The Bertz CT molecular complexity index is 755. The number of anilines is 1. The van der Waals surface area contributed by atoms with Crippen LogP contribution in [0.1, 0.15) is 12.5 Å². The summed E-state index contributed by atoms with van der Waals surface area (Å²) >= 11 is 5.66. The molecule has 3 nitrogen and oxygen atoms in total. The summed E-state index contributed by atoms with van der Waals surface area (Å²) in [6.07, 6.45) is 0. The van der Waals surface area contributed by atoms with Crippen LogP contribution in [0.25, 0.3) is 0 Å². The zero-order valence-electron chi connectivity index (χ0n) is 13.1. The van der Waals surface area contributed by atoms with Crippen molar-refractivity contribution in [1.29, 1.82) is 0 Å². The predicted octanol–water partition coefficient (Wildman–Crippen LogP) is 4.22. The summed E-state index contributed by atoms with van der Waals surface area (Å²) in [5.41, 5.74) is 0.272. The summed E-state index contributed by atoms with van der Waals surface area (Å²) in [5.74, 6) is -2.45. The first-order valence-corrected chi connectivity index (χ1v) is 7.56. The van der Waals surface area contributed by atoms with Crippen LogP contribution in [0.3, 0.4) is 0 Å². The number of nitrogens with one attached hydrogen (secondary N) is 1. The molecule has 2 aromatic carbocycles. The predicted molar refractivity (Wildman–Crippen MR) is 87.3 cm³/mol. The minimum Gasteiger partial charge on any atom is -0.322 e. The van der Waals surface area contributed by atoms with Gasteiger partial charge in [0, 0.05) is 23.2 Å². The van der Waals surface area contributed by atoms with Crippen LogP contribution >= 0.6 is 11.6 Å². The molecular weight excluding hydrogens is 341 g/mol. The van der Waals surface area contributed by atoms with Gasteiger partial charge in [0.1, 0.15) is 17.5 Å². The number of benzene rings is 2. The number of carbonyl (C=O) groups is 1. The third-order valence-corrected chi connectivity index (χ3v) is 3.90. The normalized spacial score (nSPS) is 12.3. The Hall–Kier alpha value is -2.05. The van der Waals surface area contributed by atoms with E-state index in [-0.39, 0.29) is 22.8 Å². The summed E-state index contributed by atoms with van der Waals surface area (Å²) in [5, 5.41) is 2.68. The molecule has 128 valence electrons. The summed E-state index contributed by atoms with van der Waals surface area (Å²) in [6, 6.07) is 6.52. The van der Waals surface area contributed by atoms with Gasteiger partial charge in [0.25, 0.3) is 0 Å². The molecule has 0 radical (unpaired) electrons. The van der Waals surface area contributed by atoms with E-state index in [2.05, 4.69) is 5.32 Å². The quantitative estimate of drug-likeness (QED) is 0.870. The lowest BCUT2D eigenvalue weighted by Crippen LogP contribution is -2.39. The Kier molecular flexibility index (Phi) is 5.85. The van der Waals surface area contributed by atoms with E-state index in [0.717, 1.165) is 18.2 Å². The zero-order valence-corrected chi connectivity index (χ0v) is 13.9. The Morgan fingerprint density at radius 1 is 1.17 bits per heavy atom. The minimum absolute atomic E-state index is 0.0117. The highest BCUT2D eigenvalue weighted by molar-refractivity contribution is 6.30. The molecule has 0 aromatic heterocycles. The van der Waals surface area contributed by atoms with Crippen molar-refractivity contribution < 1.29 is 18.0 Å². The van der Waals surface area contributed by atoms with Gasteiger partial charge in [-0.1, -0.05) is 17.7 Å². The Balaban J connectivity index is 2.03. The number of likely N-dealkylation sites (N-methyl/N-ethyl adjacent to an activating group) is 1. The number of hydrogen-bond donors (Lipinski definition) is 1. The van der Waals surface area contributed by atoms with Crippen LogP contribution in [0, 0.1) is 17.5 Å². The van der Waals surface area contributed by atoms with Gasteiger partial charge < -0.3 is 5.32 Å². The molecule has 1 N–H and O–H groups in total. The Morgan fingerprint density at radius 3 is 2.50 bits per heavy atom. The van der Waals surface area contributed by atoms with Gasteiger partial charge >= 0.3 is 0 Å². The Labute approximate surface area is 143 Å². The highest BCUT2D eigenvalue weighted by atomic mass is 35.5. The highest BCUT2D eigenvalue weighted by Gasteiger charge is 2.20. The van der Waals surface area contributed by atoms with Gasteiger partial charge in [-0.3, -0.25) is 9.69 Å². The molecule has 1 unspecified atom stereocenters. The molecule has 0 spiro atoms. The van der Waals surface area contributed by atoms with Crippen molar-refractivity contribution in [2.45, 2.75) is 19.5 Å². The smallest absolute Gasteiger partial charge is 0.241 e. The van der Waals surface area contributed by atoms with Crippen molar-refractivity contribution in [3.63, 3.8) is 0 Å². The van der Waals surface area contributed by atoms with E-state index in [1.165, 1.54) is 18.2 Å². The fourth-order valence-electron chi connectivity index (χ4n) is 2.08. The van der Waals surface area contributed by atoms with Crippen molar-refractivity contribution >= 4 is 23.2 Å². The second-order valence-corrected chi connectivity index (χ2v) is 5.88. The summed E-state index contributed by atoms with van der Waals surface area (Å²) in [4.78, 5) is 13.8. The van der Waals surface area contributed by atoms with E-state index < -0.39 is 29.4 Å². The molecule has 1 amide bonds. The van der Waals surface area contributed by atoms with Crippen molar-refractivity contribution in [2.75, 3.05) is 12.4 Å². The number of nitrogens with zero attached hydrogens (tertiary/aromatic N) is 1. The first-order chi connectivity index (χ1) is 11.3. The molecule has 0 fully saturated rings. The minimum atomic E-state index is -0.682. The lowest BCUT2D eigenvalue weighted by molar-refractivity contribution is -0.120. The van der Waals surface area contributed by atoms with Gasteiger partial charge in [-0.15, -0.1) is 0 Å². The lowest BCUT2D eigenvalue weighted by Gasteiger charge is -2.24.